The number of hydrogen-bond donors (Lipinski definition) is 1. The van der Waals surface area contributed by atoms with Crippen molar-refractivity contribution in [2.24, 2.45) is 0 Å². The summed E-state index contributed by atoms with van der Waals surface area (Å²) in [4.78, 5) is 0. The lowest BCUT2D eigenvalue weighted by Gasteiger charge is -2.11. The van der Waals surface area contributed by atoms with Crippen LogP contribution in [0, 0.1) is 0 Å². The summed E-state index contributed by atoms with van der Waals surface area (Å²) in [6, 6.07) is 13.7. The Bertz CT molecular complexity index is 544. The fourth-order valence-corrected chi connectivity index (χ4v) is 2.74. The van der Waals surface area contributed by atoms with E-state index in [1.807, 2.05) is 6.07 Å². The standard InChI is InChI=1S/C16H19NO/c1-18-16-7-6-13-9-12(4-5-14(13)11-16)10-15-3-2-8-17-15/h4-7,9,11,15,17H,2-3,8,10H2,1H3. The Morgan fingerprint density at radius 2 is 2.00 bits per heavy atom. The minimum Gasteiger partial charge on any atom is -0.497 e. The molecule has 1 saturated heterocycles. The Balaban J connectivity index is 1.86. The SMILES string of the molecule is COc1ccc2cc(CC3CCCN3)ccc2c1. The third kappa shape index (κ3) is 2.34. The van der Waals surface area contributed by atoms with Gasteiger partial charge in [0.2, 0.25) is 0 Å². The normalized spacial score (nSPS) is 19.3. The van der Waals surface area contributed by atoms with E-state index in [-0.39, 0.29) is 0 Å². The lowest BCUT2D eigenvalue weighted by atomic mass is 10.0. The zero-order valence-corrected chi connectivity index (χ0v) is 10.8. The zero-order valence-electron chi connectivity index (χ0n) is 10.8. The molecule has 1 heterocycles. The first-order valence-electron chi connectivity index (χ1n) is 6.65. The Morgan fingerprint density at radius 1 is 1.17 bits per heavy atom. The Hall–Kier alpha value is -1.54. The maximum atomic E-state index is 5.25. The molecule has 0 spiro atoms. The molecule has 1 aliphatic rings. The number of nitrogens with one attached hydrogen (secondary N) is 1. The molecule has 0 bridgehead atoms. The minimum atomic E-state index is 0.667. The molecule has 2 heteroatoms. The zero-order chi connectivity index (χ0) is 12.4. The van der Waals surface area contributed by atoms with Crippen molar-refractivity contribution in [2.45, 2.75) is 25.3 Å². The quantitative estimate of drug-likeness (QED) is 0.891. The summed E-state index contributed by atoms with van der Waals surface area (Å²) >= 11 is 0. The molecule has 0 amide bonds. The smallest absolute Gasteiger partial charge is 0.119 e. The van der Waals surface area contributed by atoms with Gasteiger partial charge in [0.15, 0.2) is 0 Å². The Kier molecular flexibility index (Phi) is 3.20. The Morgan fingerprint density at radius 3 is 2.78 bits per heavy atom. The van der Waals surface area contributed by atoms with E-state index in [0.29, 0.717) is 6.04 Å². The summed E-state index contributed by atoms with van der Waals surface area (Å²) in [6.45, 7) is 1.18. The fourth-order valence-electron chi connectivity index (χ4n) is 2.74. The summed E-state index contributed by atoms with van der Waals surface area (Å²) < 4.78 is 5.25. The highest BCUT2D eigenvalue weighted by Gasteiger charge is 2.14. The van der Waals surface area contributed by atoms with Crippen LogP contribution in [-0.4, -0.2) is 19.7 Å². The molecule has 2 aromatic carbocycles. The number of benzene rings is 2. The average molecular weight is 241 g/mol. The maximum absolute atomic E-state index is 5.25. The third-order valence-corrected chi connectivity index (χ3v) is 3.76. The van der Waals surface area contributed by atoms with Gasteiger partial charge in [-0.1, -0.05) is 24.3 Å². The van der Waals surface area contributed by atoms with E-state index in [9.17, 15) is 0 Å². The van der Waals surface area contributed by atoms with Crippen LogP contribution in [-0.2, 0) is 6.42 Å². The number of hydrogen-bond acceptors (Lipinski definition) is 2. The first-order valence-corrected chi connectivity index (χ1v) is 6.65. The molecule has 1 atom stereocenters. The third-order valence-electron chi connectivity index (χ3n) is 3.76. The average Bonchev–Trinajstić information content (AvgIpc) is 2.91. The van der Waals surface area contributed by atoms with E-state index in [1.54, 1.807) is 7.11 Å². The number of methoxy groups -OCH3 is 1. The van der Waals surface area contributed by atoms with Crippen molar-refractivity contribution in [3.8, 4) is 5.75 Å². The van der Waals surface area contributed by atoms with E-state index in [4.69, 9.17) is 4.74 Å². The van der Waals surface area contributed by atoms with E-state index in [1.165, 1.54) is 35.7 Å². The van der Waals surface area contributed by atoms with Gasteiger partial charge in [-0.05, 0) is 54.3 Å². The van der Waals surface area contributed by atoms with Crippen molar-refractivity contribution in [2.75, 3.05) is 13.7 Å². The molecule has 0 saturated carbocycles. The number of rotatable bonds is 3. The molecule has 94 valence electrons. The second kappa shape index (κ2) is 4.99. The van der Waals surface area contributed by atoms with Crippen LogP contribution in [0.1, 0.15) is 18.4 Å². The topological polar surface area (TPSA) is 21.3 Å². The first kappa shape index (κ1) is 11.5. The van der Waals surface area contributed by atoms with Gasteiger partial charge in [0.1, 0.15) is 5.75 Å². The van der Waals surface area contributed by atoms with Crippen molar-refractivity contribution in [1.82, 2.24) is 5.32 Å². The summed E-state index contributed by atoms with van der Waals surface area (Å²) in [5.74, 6) is 0.924. The molecular weight excluding hydrogens is 222 g/mol. The van der Waals surface area contributed by atoms with Crippen LogP contribution >= 0.6 is 0 Å². The van der Waals surface area contributed by atoms with E-state index >= 15 is 0 Å². The van der Waals surface area contributed by atoms with Crippen molar-refractivity contribution >= 4 is 10.8 Å². The van der Waals surface area contributed by atoms with Gasteiger partial charge in [0, 0.05) is 6.04 Å². The van der Waals surface area contributed by atoms with Crippen molar-refractivity contribution in [3.05, 3.63) is 42.0 Å². The highest BCUT2D eigenvalue weighted by molar-refractivity contribution is 5.84. The largest absolute Gasteiger partial charge is 0.497 e. The molecule has 2 aromatic rings. The van der Waals surface area contributed by atoms with Crippen LogP contribution in [0.15, 0.2) is 36.4 Å². The highest BCUT2D eigenvalue weighted by atomic mass is 16.5. The number of ether oxygens (including phenoxy) is 1. The predicted octanol–water partition coefficient (Wildman–Crippen LogP) is 3.14. The minimum absolute atomic E-state index is 0.667. The summed E-state index contributed by atoms with van der Waals surface area (Å²) in [5, 5.41) is 6.10. The van der Waals surface area contributed by atoms with Gasteiger partial charge < -0.3 is 10.1 Å². The van der Waals surface area contributed by atoms with E-state index < -0.39 is 0 Å². The van der Waals surface area contributed by atoms with Gasteiger partial charge in [0.05, 0.1) is 7.11 Å². The van der Waals surface area contributed by atoms with Gasteiger partial charge in [-0.2, -0.15) is 0 Å². The second-order valence-electron chi connectivity index (χ2n) is 5.04. The van der Waals surface area contributed by atoms with E-state index in [2.05, 4.69) is 35.6 Å². The summed E-state index contributed by atoms with van der Waals surface area (Å²) in [6.07, 6.45) is 3.76. The first-order chi connectivity index (χ1) is 8.85. The van der Waals surface area contributed by atoms with Crippen LogP contribution < -0.4 is 10.1 Å². The van der Waals surface area contributed by atoms with Crippen LogP contribution in [0.4, 0.5) is 0 Å². The van der Waals surface area contributed by atoms with Crippen molar-refractivity contribution in [1.29, 1.82) is 0 Å². The molecule has 1 fully saturated rings. The fraction of sp³-hybridized carbons (Fsp3) is 0.375. The van der Waals surface area contributed by atoms with Crippen LogP contribution in [0.2, 0.25) is 0 Å². The highest BCUT2D eigenvalue weighted by Crippen LogP contribution is 2.23. The Labute approximate surface area is 108 Å². The predicted molar refractivity (Wildman–Crippen MR) is 75.2 cm³/mol. The molecule has 0 radical (unpaired) electrons. The van der Waals surface area contributed by atoms with Gasteiger partial charge in [-0.3, -0.25) is 0 Å². The molecule has 1 N–H and O–H groups in total. The monoisotopic (exact) mass is 241 g/mol. The second-order valence-corrected chi connectivity index (χ2v) is 5.04. The van der Waals surface area contributed by atoms with Crippen LogP contribution in [0.5, 0.6) is 5.75 Å². The summed E-state index contributed by atoms with van der Waals surface area (Å²) in [7, 11) is 1.71. The molecule has 3 rings (SSSR count). The van der Waals surface area contributed by atoms with Crippen molar-refractivity contribution in [3.63, 3.8) is 0 Å². The van der Waals surface area contributed by atoms with Crippen molar-refractivity contribution < 1.29 is 4.74 Å². The molecule has 0 aliphatic carbocycles. The maximum Gasteiger partial charge on any atom is 0.119 e. The summed E-state index contributed by atoms with van der Waals surface area (Å²) in [5.41, 5.74) is 1.42. The molecule has 0 aromatic heterocycles. The van der Waals surface area contributed by atoms with Gasteiger partial charge >= 0.3 is 0 Å². The van der Waals surface area contributed by atoms with Gasteiger partial charge in [0.25, 0.3) is 0 Å². The molecule has 2 nitrogen and oxygen atoms in total. The molecule has 18 heavy (non-hydrogen) atoms. The molecule has 1 unspecified atom stereocenters. The van der Waals surface area contributed by atoms with Crippen LogP contribution in [0.3, 0.4) is 0 Å². The molecular formula is C16H19NO. The van der Waals surface area contributed by atoms with Gasteiger partial charge in [-0.25, -0.2) is 0 Å². The number of fused-ring (bicyclic) bond motifs is 1. The lowest BCUT2D eigenvalue weighted by Crippen LogP contribution is -2.23. The molecule has 1 aliphatic heterocycles. The van der Waals surface area contributed by atoms with Gasteiger partial charge in [-0.15, -0.1) is 0 Å². The van der Waals surface area contributed by atoms with E-state index in [0.717, 1.165) is 12.2 Å². The lowest BCUT2D eigenvalue weighted by molar-refractivity contribution is 0.415. The van der Waals surface area contributed by atoms with Crippen LogP contribution in [0.25, 0.3) is 10.8 Å².